The Hall–Kier alpha value is -1.52. The quantitative estimate of drug-likeness (QED) is 0.702. The first-order valence-electron chi connectivity index (χ1n) is 5.74. The summed E-state index contributed by atoms with van der Waals surface area (Å²) in [5.41, 5.74) is 6.38. The summed E-state index contributed by atoms with van der Waals surface area (Å²) in [5, 5.41) is 9.22. The van der Waals surface area contributed by atoms with Gasteiger partial charge in [0.15, 0.2) is 0 Å². The maximum atomic E-state index is 11.8. The molecule has 5 heteroatoms. The second kappa shape index (κ2) is 4.15. The molecule has 5 nitrogen and oxygen atoms in total. The van der Waals surface area contributed by atoms with Crippen molar-refractivity contribution in [2.75, 3.05) is 12.3 Å². The molecule has 0 radical (unpaired) electrons. The van der Waals surface area contributed by atoms with E-state index >= 15 is 0 Å². The highest BCUT2D eigenvalue weighted by atomic mass is 16.1. The predicted molar refractivity (Wildman–Crippen MR) is 61.9 cm³/mol. The smallest absolute Gasteiger partial charge is 0.256 e. The number of nitrogens with zero attached hydrogens (tertiary/aromatic N) is 1. The molecule has 1 heterocycles. The van der Waals surface area contributed by atoms with E-state index in [1.807, 2.05) is 0 Å². The number of nitrogen functional groups attached to an aromatic ring is 1. The molecule has 2 rings (SSSR count). The van der Waals surface area contributed by atoms with Crippen LogP contribution in [0.3, 0.4) is 0 Å². The van der Waals surface area contributed by atoms with Crippen LogP contribution in [-0.4, -0.2) is 22.6 Å². The van der Waals surface area contributed by atoms with Gasteiger partial charge in [0.05, 0.1) is 6.20 Å². The number of carbonyl (C=O) groups is 1. The number of amides is 1. The molecule has 4 N–H and O–H groups in total. The van der Waals surface area contributed by atoms with E-state index in [4.69, 9.17) is 5.73 Å². The Morgan fingerprint density at radius 1 is 1.69 bits per heavy atom. The standard InChI is InChI=1S/C11H18N4O/c1-2-3-11(4-5-11)7-13-10(16)8-6-14-15-9(8)12/h6H,2-5,7H2,1H3,(H,13,16)(H3,12,14,15). The highest BCUT2D eigenvalue weighted by Gasteiger charge is 2.41. The van der Waals surface area contributed by atoms with Crippen LogP contribution in [0.5, 0.6) is 0 Å². The molecule has 0 bridgehead atoms. The van der Waals surface area contributed by atoms with Crippen molar-refractivity contribution in [3.63, 3.8) is 0 Å². The minimum atomic E-state index is -0.131. The number of aromatic nitrogens is 2. The number of H-pyrrole nitrogens is 1. The largest absolute Gasteiger partial charge is 0.383 e. The summed E-state index contributed by atoms with van der Waals surface area (Å²) in [6.07, 6.45) is 6.27. The first kappa shape index (κ1) is 11.0. The molecule has 0 aliphatic heterocycles. The van der Waals surface area contributed by atoms with E-state index in [0.717, 1.165) is 6.54 Å². The molecule has 1 aromatic heterocycles. The normalized spacial score (nSPS) is 17.1. The van der Waals surface area contributed by atoms with E-state index in [-0.39, 0.29) is 5.91 Å². The zero-order chi connectivity index (χ0) is 11.6. The Labute approximate surface area is 94.8 Å². The number of aromatic amines is 1. The topological polar surface area (TPSA) is 83.8 Å². The molecule has 1 aromatic rings. The number of carbonyl (C=O) groups excluding carboxylic acids is 1. The molecule has 1 aliphatic rings. The van der Waals surface area contributed by atoms with Gasteiger partial charge in [-0.1, -0.05) is 13.3 Å². The Morgan fingerprint density at radius 3 is 2.94 bits per heavy atom. The van der Waals surface area contributed by atoms with E-state index in [9.17, 15) is 4.79 Å². The van der Waals surface area contributed by atoms with Crippen molar-refractivity contribution in [3.8, 4) is 0 Å². The number of hydrogen-bond donors (Lipinski definition) is 3. The number of rotatable bonds is 5. The molecule has 1 fully saturated rings. The number of anilines is 1. The lowest BCUT2D eigenvalue weighted by molar-refractivity contribution is 0.0944. The summed E-state index contributed by atoms with van der Waals surface area (Å²) < 4.78 is 0. The fraction of sp³-hybridized carbons (Fsp3) is 0.636. The molecule has 0 aromatic carbocycles. The van der Waals surface area contributed by atoms with Crippen LogP contribution < -0.4 is 11.1 Å². The van der Waals surface area contributed by atoms with Gasteiger partial charge in [-0.3, -0.25) is 9.89 Å². The van der Waals surface area contributed by atoms with E-state index in [1.165, 1.54) is 31.9 Å². The molecular weight excluding hydrogens is 204 g/mol. The second-order valence-corrected chi connectivity index (χ2v) is 4.63. The van der Waals surface area contributed by atoms with Gasteiger partial charge in [0.25, 0.3) is 5.91 Å². The third kappa shape index (κ3) is 2.18. The second-order valence-electron chi connectivity index (χ2n) is 4.63. The highest BCUT2D eigenvalue weighted by Crippen LogP contribution is 2.48. The van der Waals surface area contributed by atoms with E-state index in [0.29, 0.717) is 16.8 Å². The zero-order valence-electron chi connectivity index (χ0n) is 9.55. The molecule has 88 valence electrons. The van der Waals surface area contributed by atoms with Gasteiger partial charge < -0.3 is 11.1 Å². The van der Waals surface area contributed by atoms with Crippen molar-refractivity contribution < 1.29 is 4.79 Å². The average Bonchev–Trinajstić information content (AvgIpc) is 2.89. The molecule has 0 spiro atoms. The predicted octanol–water partition coefficient (Wildman–Crippen LogP) is 1.30. The van der Waals surface area contributed by atoms with Crippen molar-refractivity contribution in [3.05, 3.63) is 11.8 Å². The van der Waals surface area contributed by atoms with Gasteiger partial charge in [-0.15, -0.1) is 0 Å². The average molecular weight is 222 g/mol. The summed E-state index contributed by atoms with van der Waals surface area (Å²) in [6.45, 7) is 2.93. The van der Waals surface area contributed by atoms with Crippen molar-refractivity contribution in [1.82, 2.24) is 15.5 Å². The Morgan fingerprint density at radius 2 is 2.44 bits per heavy atom. The van der Waals surface area contributed by atoms with Crippen molar-refractivity contribution in [2.45, 2.75) is 32.6 Å². The van der Waals surface area contributed by atoms with E-state index in [2.05, 4.69) is 22.4 Å². The fourth-order valence-electron chi connectivity index (χ4n) is 2.06. The van der Waals surface area contributed by atoms with Gasteiger partial charge >= 0.3 is 0 Å². The third-order valence-electron chi connectivity index (χ3n) is 3.27. The minimum Gasteiger partial charge on any atom is -0.383 e. The lowest BCUT2D eigenvalue weighted by Gasteiger charge is -2.14. The fourth-order valence-corrected chi connectivity index (χ4v) is 2.06. The van der Waals surface area contributed by atoms with Crippen molar-refractivity contribution >= 4 is 11.7 Å². The SMILES string of the molecule is CCCC1(CNC(=O)c2cn[nH]c2N)CC1. The van der Waals surface area contributed by atoms with Crippen LogP contribution >= 0.6 is 0 Å². The summed E-state index contributed by atoms with van der Waals surface area (Å²) >= 11 is 0. The van der Waals surface area contributed by atoms with Crippen LogP contribution in [0, 0.1) is 5.41 Å². The number of hydrogen-bond acceptors (Lipinski definition) is 3. The van der Waals surface area contributed by atoms with Crippen LogP contribution in [0.1, 0.15) is 43.0 Å². The number of nitrogens with one attached hydrogen (secondary N) is 2. The monoisotopic (exact) mass is 222 g/mol. The van der Waals surface area contributed by atoms with Gasteiger partial charge in [0.2, 0.25) is 0 Å². The van der Waals surface area contributed by atoms with Gasteiger partial charge in [-0.2, -0.15) is 5.10 Å². The van der Waals surface area contributed by atoms with Crippen LogP contribution in [0.2, 0.25) is 0 Å². The Balaban J connectivity index is 1.87. The lowest BCUT2D eigenvalue weighted by atomic mass is 10.0. The van der Waals surface area contributed by atoms with E-state index < -0.39 is 0 Å². The number of nitrogens with two attached hydrogens (primary N) is 1. The summed E-state index contributed by atoms with van der Waals surface area (Å²) in [4.78, 5) is 11.8. The minimum absolute atomic E-state index is 0.131. The molecule has 16 heavy (non-hydrogen) atoms. The van der Waals surface area contributed by atoms with Crippen LogP contribution in [0.4, 0.5) is 5.82 Å². The van der Waals surface area contributed by atoms with Crippen LogP contribution in [0.15, 0.2) is 6.20 Å². The molecule has 0 unspecified atom stereocenters. The van der Waals surface area contributed by atoms with Crippen molar-refractivity contribution in [1.29, 1.82) is 0 Å². The molecule has 1 saturated carbocycles. The molecule has 0 atom stereocenters. The van der Waals surface area contributed by atoms with Crippen LogP contribution in [0.25, 0.3) is 0 Å². The highest BCUT2D eigenvalue weighted by molar-refractivity contribution is 5.98. The molecular formula is C11H18N4O. The van der Waals surface area contributed by atoms with E-state index in [1.54, 1.807) is 0 Å². The van der Waals surface area contributed by atoms with Gasteiger partial charge in [-0.05, 0) is 24.7 Å². The molecule has 1 amide bonds. The summed E-state index contributed by atoms with van der Waals surface area (Å²) in [7, 11) is 0. The van der Waals surface area contributed by atoms with Gasteiger partial charge in [0.1, 0.15) is 11.4 Å². The maximum Gasteiger partial charge on any atom is 0.256 e. The first-order chi connectivity index (χ1) is 7.67. The van der Waals surface area contributed by atoms with Gasteiger partial charge in [0, 0.05) is 6.54 Å². The van der Waals surface area contributed by atoms with Crippen LogP contribution in [-0.2, 0) is 0 Å². The third-order valence-corrected chi connectivity index (χ3v) is 3.27. The summed E-state index contributed by atoms with van der Waals surface area (Å²) in [5.74, 6) is 0.200. The lowest BCUT2D eigenvalue weighted by Crippen LogP contribution is -2.30. The van der Waals surface area contributed by atoms with Crippen molar-refractivity contribution in [2.24, 2.45) is 5.41 Å². The molecule has 0 saturated heterocycles. The maximum absolute atomic E-state index is 11.8. The first-order valence-corrected chi connectivity index (χ1v) is 5.74. The Bertz CT molecular complexity index is 381. The zero-order valence-corrected chi connectivity index (χ0v) is 9.55. The Kier molecular flexibility index (Phi) is 2.85. The summed E-state index contributed by atoms with van der Waals surface area (Å²) in [6, 6.07) is 0. The van der Waals surface area contributed by atoms with Gasteiger partial charge in [-0.25, -0.2) is 0 Å². The molecule has 1 aliphatic carbocycles.